The molecule has 0 aliphatic rings. The van der Waals surface area contributed by atoms with Gasteiger partial charge in [-0.15, -0.1) is 0 Å². The second-order valence-corrected chi connectivity index (χ2v) is 2.49. The SMILES string of the molecule is CCOC=O.CNc1ccnc(C)c1. The van der Waals surface area contributed by atoms with Gasteiger partial charge in [0.1, 0.15) is 0 Å². The lowest BCUT2D eigenvalue weighted by Gasteiger charge is -1.97. The predicted octanol–water partition coefficient (Wildman–Crippen LogP) is 1.61. The van der Waals surface area contributed by atoms with Crippen molar-refractivity contribution in [3.8, 4) is 0 Å². The monoisotopic (exact) mass is 196 g/mol. The number of pyridine rings is 1. The first-order valence-electron chi connectivity index (χ1n) is 4.40. The van der Waals surface area contributed by atoms with Crippen LogP contribution in [0.1, 0.15) is 12.6 Å². The van der Waals surface area contributed by atoms with Gasteiger partial charge in [-0.25, -0.2) is 0 Å². The van der Waals surface area contributed by atoms with E-state index in [1.165, 1.54) is 0 Å². The van der Waals surface area contributed by atoms with Crippen LogP contribution in [0.5, 0.6) is 0 Å². The van der Waals surface area contributed by atoms with Crippen LogP contribution in [0.2, 0.25) is 0 Å². The topological polar surface area (TPSA) is 51.2 Å². The Balaban J connectivity index is 0.000000292. The van der Waals surface area contributed by atoms with Gasteiger partial charge in [-0.2, -0.15) is 0 Å². The standard InChI is InChI=1S/C7H10N2.C3H6O2/c1-6-5-7(8-2)3-4-9-6;1-2-5-3-4/h3-5H,1-2H3,(H,8,9);3H,2H2,1H3. The predicted molar refractivity (Wildman–Crippen MR) is 56.2 cm³/mol. The van der Waals surface area contributed by atoms with Crippen LogP contribution in [0.4, 0.5) is 5.69 Å². The molecule has 0 saturated heterocycles. The minimum Gasteiger partial charge on any atom is -0.468 e. The number of hydrogen-bond acceptors (Lipinski definition) is 4. The van der Waals surface area contributed by atoms with Gasteiger partial charge in [0, 0.05) is 24.6 Å². The maximum atomic E-state index is 9.18. The van der Waals surface area contributed by atoms with Gasteiger partial charge in [0.05, 0.1) is 6.61 Å². The summed E-state index contributed by atoms with van der Waals surface area (Å²) in [4.78, 5) is 13.2. The molecule has 0 aliphatic carbocycles. The molecule has 0 fully saturated rings. The Morgan fingerprint density at radius 2 is 2.36 bits per heavy atom. The number of carbonyl (C=O) groups is 1. The van der Waals surface area contributed by atoms with E-state index < -0.39 is 0 Å². The Kier molecular flexibility index (Phi) is 7.13. The van der Waals surface area contributed by atoms with Gasteiger partial charge in [0.15, 0.2) is 0 Å². The quantitative estimate of drug-likeness (QED) is 0.746. The lowest BCUT2D eigenvalue weighted by molar-refractivity contribution is -0.128. The van der Waals surface area contributed by atoms with E-state index in [9.17, 15) is 4.79 Å². The number of anilines is 1. The highest BCUT2D eigenvalue weighted by Gasteiger charge is 1.86. The molecule has 1 N–H and O–H groups in total. The third-order valence-electron chi connectivity index (χ3n) is 1.42. The molecule has 1 aromatic heterocycles. The van der Waals surface area contributed by atoms with Crippen LogP contribution in [-0.2, 0) is 9.53 Å². The lowest BCUT2D eigenvalue weighted by Crippen LogP contribution is -1.88. The van der Waals surface area contributed by atoms with E-state index >= 15 is 0 Å². The molecule has 1 rings (SSSR count). The second-order valence-electron chi connectivity index (χ2n) is 2.49. The van der Waals surface area contributed by atoms with Crippen molar-refractivity contribution in [1.29, 1.82) is 0 Å². The summed E-state index contributed by atoms with van der Waals surface area (Å²) in [6, 6.07) is 3.94. The number of aryl methyl sites for hydroxylation is 1. The van der Waals surface area contributed by atoms with E-state index in [1.54, 1.807) is 13.1 Å². The van der Waals surface area contributed by atoms with Crippen molar-refractivity contribution in [3.63, 3.8) is 0 Å². The molecule has 0 aromatic carbocycles. The maximum absolute atomic E-state index is 9.18. The van der Waals surface area contributed by atoms with E-state index in [-0.39, 0.29) is 0 Å². The summed E-state index contributed by atoms with van der Waals surface area (Å²) in [5.41, 5.74) is 2.16. The highest BCUT2D eigenvalue weighted by Crippen LogP contribution is 2.04. The van der Waals surface area contributed by atoms with Crippen molar-refractivity contribution in [3.05, 3.63) is 24.0 Å². The average molecular weight is 196 g/mol. The van der Waals surface area contributed by atoms with Gasteiger partial charge in [0.2, 0.25) is 0 Å². The molecular weight excluding hydrogens is 180 g/mol. The number of nitrogens with zero attached hydrogens (tertiary/aromatic N) is 1. The molecule has 78 valence electrons. The average Bonchev–Trinajstić information content (AvgIpc) is 2.20. The molecule has 0 spiro atoms. The molecule has 1 aromatic rings. The van der Waals surface area contributed by atoms with Crippen molar-refractivity contribution < 1.29 is 9.53 Å². The van der Waals surface area contributed by atoms with Gasteiger partial charge in [0.25, 0.3) is 6.47 Å². The largest absolute Gasteiger partial charge is 0.468 e. The molecular formula is C10H16N2O2. The van der Waals surface area contributed by atoms with Crippen LogP contribution in [0, 0.1) is 6.92 Å². The lowest BCUT2D eigenvalue weighted by atomic mass is 10.3. The molecule has 14 heavy (non-hydrogen) atoms. The van der Waals surface area contributed by atoms with Crippen LogP contribution in [0.15, 0.2) is 18.3 Å². The third kappa shape index (κ3) is 5.99. The Bertz CT molecular complexity index is 264. The minimum atomic E-state index is 0.431. The summed E-state index contributed by atoms with van der Waals surface area (Å²) < 4.78 is 4.15. The number of aromatic nitrogens is 1. The molecule has 4 heteroatoms. The van der Waals surface area contributed by atoms with E-state index in [4.69, 9.17) is 0 Å². The number of rotatable bonds is 3. The van der Waals surface area contributed by atoms with Crippen LogP contribution >= 0.6 is 0 Å². The van der Waals surface area contributed by atoms with Crippen LogP contribution < -0.4 is 5.32 Å². The van der Waals surface area contributed by atoms with E-state index in [2.05, 4.69) is 15.0 Å². The smallest absolute Gasteiger partial charge is 0.293 e. The maximum Gasteiger partial charge on any atom is 0.293 e. The Labute approximate surface area is 84.3 Å². The van der Waals surface area contributed by atoms with Gasteiger partial charge in [-0.1, -0.05) is 0 Å². The van der Waals surface area contributed by atoms with Gasteiger partial charge in [-0.3, -0.25) is 9.78 Å². The summed E-state index contributed by atoms with van der Waals surface area (Å²) in [5.74, 6) is 0. The molecule has 0 radical (unpaired) electrons. The number of carbonyl (C=O) groups excluding carboxylic acids is 1. The Morgan fingerprint density at radius 3 is 2.64 bits per heavy atom. The summed E-state index contributed by atoms with van der Waals surface area (Å²) >= 11 is 0. The van der Waals surface area contributed by atoms with Crippen LogP contribution in [0.25, 0.3) is 0 Å². The summed E-state index contributed by atoms with van der Waals surface area (Å²) in [7, 11) is 1.90. The molecule has 0 atom stereocenters. The van der Waals surface area contributed by atoms with Crippen LogP contribution in [-0.4, -0.2) is 25.1 Å². The van der Waals surface area contributed by atoms with E-state index in [0.29, 0.717) is 13.1 Å². The minimum absolute atomic E-state index is 0.431. The first kappa shape index (κ1) is 12.4. The van der Waals surface area contributed by atoms with Gasteiger partial charge in [-0.05, 0) is 26.0 Å². The highest BCUT2D eigenvalue weighted by molar-refractivity contribution is 5.41. The summed E-state index contributed by atoms with van der Waals surface area (Å²) in [6.07, 6.45) is 1.79. The zero-order chi connectivity index (χ0) is 10.8. The first-order chi connectivity index (χ1) is 6.74. The van der Waals surface area contributed by atoms with E-state index in [0.717, 1.165) is 11.4 Å². The number of hydrogen-bond donors (Lipinski definition) is 1. The van der Waals surface area contributed by atoms with Crippen molar-refractivity contribution >= 4 is 12.2 Å². The third-order valence-corrected chi connectivity index (χ3v) is 1.42. The van der Waals surface area contributed by atoms with Crippen molar-refractivity contribution in [1.82, 2.24) is 4.98 Å². The van der Waals surface area contributed by atoms with Crippen molar-refractivity contribution in [2.24, 2.45) is 0 Å². The van der Waals surface area contributed by atoms with Gasteiger partial charge >= 0.3 is 0 Å². The van der Waals surface area contributed by atoms with Crippen molar-refractivity contribution in [2.75, 3.05) is 19.0 Å². The fraction of sp³-hybridized carbons (Fsp3) is 0.400. The van der Waals surface area contributed by atoms with Crippen molar-refractivity contribution in [2.45, 2.75) is 13.8 Å². The molecule has 0 amide bonds. The number of ether oxygens (including phenoxy) is 1. The zero-order valence-electron chi connectivity index (χ0n) is 8.78. The van der Waals surface area contributed by atoms with E-state index in [1.807, 2.05) is 26.1 Å². The molecule has 0 aliphatic heterocycles. The fourth-order valence-electron chi connectivity index (χ4n) is 0.769. The zero-order valence-corrected chi connectivity index (χ0v) is 8.78. The Morgan fingerprint density at radius 1 is 1.64 bits per heavy atom. The molecule has 0 saturated carbocycles. The molecule has 0 bridgehead atoms. The van der Waals surface area contributed by atoms with Gasteiger partial charge < -0.3 is 10.1 Å². The summed E-state index contributed by atoms with van der Waals surface area (Å²) in [5, 5.41) is 3.03. The molecule has 0 unspecified atom stereocenters. The Hall–Kier alpha value is -1.58. The normalized spacial score (nSPS) is 8.21. The molecule has 1 heterocycles. The van der Waals surface area contributed by atoms with Crippen LogP contribution in [0.3, 0.4) is 0 Å². The molecule has 4 nitrogen and oxygen atoms in total. The number of nitrogens with one attached hydrogen (secondary N) is 1. The summed E-state index contributed by atoms with van der Waals surface area (Å²) in [6.45, 7) is 4.64. The fourth-order valence-corrected chi connectivity index (χ4v) is 0.769. The highest BCUT2D eigenvalue weighted by atomic mass is 16.5. The first-order valence-corrected chi connectivity index (χ1v) is 4.40. The second kappa shape index (κ2) is 8.04.